The molecule has 8 heteroatoms. The Kier molecular flexibility index (Phi) is 5.13. The molecule has 0 unspecified atom stereocenters. The number of rotatable bonds is 0. The van der Waals surface area contributed by atoms with Crippen LogP contribution in [-0.2, 0) is 4.74 Å². The van der Waals surface area contributed by atoms with Crippen molar-refractivity contribution < 1.29 is 14.3 Å². The first-order valence-corrected chi connectivity index (χ1v) is 9.53. The Morgan fingerprint density at radius 2 is 2.11 bits per heavy atom. The van der Waals surface area contributed by atoms with Crippen LogP contribution in [0.2, 0.25) is 0 Å². The minimum atomic E-state index is -0.334. The third kappa shape index (κ3) is 4.50. The molecule has 0 aromatic carbocycles. The van der Waals surface area contributed by atoms with Crippen LogP contribution in [0, 0.1) is 0 Å². The summed E-state index contributed by atoms with van der Waals surface area (Å²) in [5.74, 6) is 1.76. The topological polar surface area (TPSA) is 101 Å². The normalized spacial score (nSPS) is 26.0. The van der Waals surface area contributed by atoms with Crippen LogP contribution in [0.15, 0.2) is 24.5 Å². The minimum absolute atomic E-state index is 0.0403. The van der Waals surface area contributed by atoms with E-state index in [1.165, 1.54) is 0 Å². The molecule has 3 atom stereocenters. The van der Waals surface area contributed by atoms with Gasteiger partial charge in [-0.15, -0.1) is 0 Å². The van der Waals surface area contributed by atoms with Gasteiger partial charge in [0.1, 0.15) is 11.9 Å². The van der Waals surface area contributed by atoms with Crippen molar-refractivity contribution in [3.05, 3.63) is 30.2 Å². The number of anilines is 2. The van der Waals surface area contributed by atoms with Crippen LogP contribution in [0.5, 0.6) is 5.75 Å². The van der Waals surface area contributed by atoms with Crippen LogP contribution in [0.3, 0.4) is 0 Å². The molecule has 144 valence electrons. The number of pyridine rings is 1. The van der Waals surface area contributed by atoms with Gasteiger partial charge in [0.25, 0.3) is 0 Å². The van der Waals surface area contributed by atoms with E-state index < -0.39 is 0 Å². The van der Waals surface area contributed by atoms with Crippen molar-refractivity contribution in [1.82, 2.24) is 20.5 Å². The van der Waals surface area contributed by atoms with Crippen LogP contribution in [0.4, 0.5) is 16.3 Å². The molecule has 4 rings (SSSR count). The molecule has 1 fully saturated rings. The summed E-state index contributed by atoms with van der Waals surface area (Å²) >= 11 is 0. The van der Waals surface area contributed by atoms with Crippen molar-refractivity contribution in [2.45, 2.75) is 57.1 Å². The fraction of sp³-hybridized carbons (Fsp3) is 0.526. The number of hydrogen-bond acceptors (Lipinski definition) is 6. The van der Waals surface area contributed by atoms with Crippen molar-refractivity contribution in [2.75, 3.05) is 11.9 Å². The van der Waals surface area contributed by atoms with Gasteiger partial charge in [0.15, 0.2) is 5.82 Å². The molecule has 2 aromatic heterocycles. The maximum absolute atomic E-state index is 12.1. The second kappa shape index (κ2) is 7.85. The first-order chi connectivity index (χ1) is 13.2. The minimum Gasteiger partial charge on any atom is -0.492 e. The number of carbonyl (C=O) groups is 1. The summed E-state index contributed by atoms with van der Waals surface area (Å²) in [7, 11) is 0. The standard InChI is InChI=1S/C19H25N5O3/c1-12-3-2-6-26-16-8-14(10-20-11-16)22-18-9-17(23-24-18)13-4-5-15(7-13)27-19(25)21-12/h8-13,15H,2-7H2,1H3,(H,21,25)(H2,22,23,24)/t12-,13+,15-/m1/s1. The van der Waals surface area contributed by atoms with Crippen LogP contribution in [0.1, 0.15) is 50.6 Å². The number of hydrogen-bond donors (Lipinski definition) is 3. The molecular weight excluding hydrogens is 346 g/mol. The number of aromatic nitrogens is 3. The molecule has 1 amide bonds. The molecule has 3 N–H and O–H groups in total. The number of ether oxygens (including phenoxy) is 2. The Balaban J connectivity index is 1.52. The zero-order chi connectivity index (χ0) is 18.6. The predicted octanol–water partition coefficient (Wildman–Crippen LogP) is 3.47. The van der Waals surface area contributed by atoms with E-state index in [4.69, 9.17) is 9.47 Å². The second-order valence-electron chi connectivity index (χ2n) is 7.32. The van der Waals surface area contributed by atoms with Crippen LogP contribution < -0.4 is 15.4 Å². The van der Waals surface area contributed by atoms with Crippen molar-refractivity contribution in [2.24, 2.45) is 0 Å². The summed E-state index contributed by atoms with van der Waals surface area (Å²) in [4.78, 5) is 16.3. The largest absolute Gasteiger partial charge is 0.492 e. The van der Waals surface area contributed by atoms with Crippen molar-refractivity contribution in [1.29, 1.82) is 0 Å². The number of nitrogens with zero attached hydrogens (tertiary/aromatic N) is 2. The predicted molar refractivity (Wildman–Crippen MR) is 100 cm³/mol. The molecule has 27 heavy (non-hydrogen) atoms. The van der Waals surface area contributed by atoms with Gasteiger partial charge in [-0.3, -0.25) is 10.1 Å². The van der Waals surface area contributed by atoms with Gasteiger partial charge in [-0.05, 0) is 39.0 Å². The first-order valence-electron chi connectivity index (χ1n) is 9.53. The van der Waals surface area contributed by atoms with Gasteiger partial charge in [-0.25, -0.2) is 4.79 Å². The number of alkyl carbamates (subject to hydrolysis) is 1. The molecule has 0 radical (unpaired) electrons. The average Bonchev–Trinajstić information content (AvgIpc) is 3.28. The maximum Gasteiger partial charge on any atom is 0.407 e. The van der Waals surface area contributed by atoms with Gasteiger partial charge in [0, 0.05) is 29.8 Å². The summed E-state index contributed by atoms with van der Waals surface area (Å²) < 4.78 is 11.4. The van der Waals surface area contributed by atoms with Gasteiger partial charge in [0.2, 0.25) is 0 Å². The Labute approximate surface area is 158 Å². The number of H-pyrrole nitrogens is 1. The van der Waals surface area contributed by atoms with Crippen LogP contribution >= 0.6 is 0 Å². The first kappa shape index (κ1) is 17.6. The van der Waals surface area contributed by atoms with Gasteiger partial charge in [-0.2, -0.15) is 5.10 Å². The Bertz CT molecular complexity index is 793. The van der Waals surface area contributed by atoms with Gasteiger partial charge in [-0.1, -0.05) is 0 Å². The van der Waals surface area contributed by atoms with Crippen LogP contribution in [0.25, 0.3) is 0 Å². The van der Waals surface area contributed by atoms with E-state index in [0.29, 0.717) is 18.3 Å². The van der Waals surface area contributed by atoms with E-state index in [1.807, 2.05) is 19.1 Å². The fourth-order valence-electron chi connectivity index (χ4n) is 3.69. The van der Waals surface area contributed by atoms with E-state index in [0.717, 1.165) is 49.3 Å². The van der Waals surface area contributed by atoms with Crippen LogP contribution in [-0.4, -0.2) is 40.0 Å². The van der Waals surface area contributed by atoms with E-state index in [2.05, 4.69) is 25.8 Å². The molecule has 1 aliphatic heterocycles. The third-order valence-corrected chi connectivity index (χ3v) is 5.10. The molecule has 2 aliphatic rings. The lowest BCUT2D eigenvalue weighted by atomic mass is 10.0. The number of nitrogens with one attached hydrogen (secondary N) is 3. The average molecular weight is 371 g/mol. The summed E-state index contributed by atoms with van der Waals surface area (Å²) in [5.41, 5.74) is 1.89. The smallest absolute Gasteiger partial charge is 0.407 e. The Morgan fingerprint density at radius 3 is 3.04 bits per heavy atom. The van der Waals surface area contributed by atoms with E-state index in [1.54, 1.807) is 12.4 Å². The summed E-state index contributed by atoms with van der Waals surface area (Å²) in [6, 6.07) is 3.96. The molecule has 2 aromatic rings. The Morgan fingerprint density at radius 1 is 1.19 bits per heavy atom. The number of aromatic amines is 1. The summed E-state index contributed by atoms with van der Waals surface area (Å²) in [6.07, 6.45) is 7.36. The van der Waals surface area contributed by atoms with Gasteiger partial charge >= 0.3 is 6.09 Å². The number of amides is 1. The SMILES string of the molecule is C[C@@H]1CCCOc2cncc(c2)Nc2cc([nH]n2)[C@H]2CC[C@H](C2)OC(=O)N1. The highest BCUT2D eigenvalue weighted by Crippen LogP contribution is 2.36. The molecule has 1 aliphatic carbocycles. The zero-order valence-electron chi connectivity index (χ0n) is 15.4. The van der Waals surface area contributed by atoms with Gasteiger partial charge in [0.05, 0.1) is 24.7 Å². The highest BCUT2D eigenvalue weighted by molar-refractivity contribution is 5.67. The zero-order valence-corrected chi connectivity index (χ0v) is 15.4. The highest BCUT2D eigenvalue weighted by atomic mass is 16.6. The van der Waals surface area contributed by atoms with Crippen molar-refractivity contribution in [3.63, 3.8) is 0 Å². The monoisotopic (exact) mass is 371 g/mol. The van der Waals surface area contributed by atoms with Crippen molar-refractivity contribution >= 4 is 17.6 Å². The molecule has 0 saturated heterocycles. The lowest BCUT2D eigenvalue weighted by Crippen LogP contribution is -2.35. The molecule has 0 spiro atoms. The van der Waals surface area contributed by atoms with Crippen molar-refractivity contribution in [3.8, 4) is 5.75 Å². The second-order valence-corrected chi connectivity index (χ2v) is 7.32. The summed E-state index contributed by atoms with van der Waals surface area (Å²) in [6.45, 7) is 2.54. The quantitative estimate of drug-likeness (QED) is 0.655. The Hall–Kier alpha value is -2.77. The number of fused-ring (bicyclic) bond motifs is 7. The summed E-state index contributed by atoms with van der Waals surface area (Å²) in [5, 5.41) is 13.6. The lowest BCUT2D eigenvalue weighted by molar-refractivity contribution is 0.0969. The lowest BCUT2D eigenvalue weighted by Gasteiger charge is -2.17. The molecular formula is C19H25N5O3. The number of carbonyl (C=O) groups excluding carboxylic acids is 1. The molecule has 1 saturated carbocycles. The van der Waals surface area contributed by atoms with E-state index >= 15 is 0 Å². The van der Waals surface area contributed by atoms with E-state index in [9.17, 15) is 4.79 Å². The maximum atomic E-state index is 12.1. The third-order valence-electron chi connectivity index (χ3n) is 5.10. The van der Waals surface area contributed by atoms with Gasteiger partial charge < -0.3 is 20.1 Å². The molecule has 8 nitrogen and oxygen atoms in total. The molecule has 3 heterocycles. The van der Waals surface area contributed by atoms with E-state index in [-0.39, 0.29) is 18.2 Å². The fourth-order valence-corrected chi connectivity index (χ4v) is 3.69. The molecule has 6 bridgehead atoms. The highest BCUT2D eigenvalue weighted by Gasteiger charge is 2.30.